The van der Waals surface area contributed by atoms with Gasteiger partial charge >= 0.3 is 6.16 Å². The first kappa shape index (κ1) is 16.4. The molecular formula is C18H21NO5. The Labute approximate surface area is 140 Å². The quantitative estimate of drug-likeness (QED) is 0.807. The number of nitrogens with one attached hydrogen (secondary N) is 1. The Morgan fingerprint density at radius 2 is 2.21 bits per heavy atom. The standard InChI is InChI=1S/C18H21NO5/c1-22-13-5-3-11-9-12(14(11)10-13)4-6-15-17(24-18(21)23-2)16(20)7-8-19-15/h3,5,9-10,15,19-20H,4,6-8H2,1-2H3. The molecule has 2 aliphatic rings. The van der Waals surface area contributed by atoms with Crippen molar-refractivity contribution in [3.05, 3.63) is 40.8 Å². The molecule has 0 radical (unpaired) electrons. The van der Waals surface area contributed by atoms with Crippen LogP contribution in [0.25, 0.3) is 11.6 Å². The molecule has 0 aromatic heterocycles. The average Bonchev–Trinajstić information content (AvgIpc) is 2.58. The number of carbonyl (C=O) groups excluding carboxylic acids is 1. The highest BCUT2D eigenvalue weighted by Gasteiger charge is 2.28. The van der Waals surface area contributed by atoms with Crippen molar-refractivity contribution in [3.8, 4) is 5.75 Å². The normalized spacial score (nSPS) is 19.1. The summed E-state index contributed by atoms with van der Waals surface area (Å²) in [5.74, 6) is 1.20. The van der Waals surface area contributed by atoms with Gasteiger partial charge in [0.05, 0.1) is 20.3 Å². The first-order chi connectivity index (χ1) is 11.6. The summed E-state index contributed by atoms with van der Waals surface area (Å²) in [7, 11) is 2.90. The fourth-order valence-electron chi connectivity index (χ4n) is 3.04. The van der Waals surface area contributed by atoms with Crippen molar-refractivity contribution < 1.29 is 24.1 Å². The van der Waals surface area contributed by atoms with Crippen LogP contribution in [0.3, 0.4) is 0 Å². The predicted molar refractivity (Wildman–Crippen MR) is 89.7 cm³/mol. The van der Waals surface area contributed by atoms with Gasteiger partial charge in [0.1, 0.15) is 11.5 Å². The smallest absolute Gasteiger partial charge is 0.509 e. The lowest BCUT2D eigenvalue weighted by molar-refractivity contribution is 0.0827. The number of aliphatic hydroxyl groups is 1. The van der Waals surface area contributed by atoms with E-state index in [2.05, 4.69) is 16.1 Å². The van der Waals surface area contributed by atoms with Crippen LogP contribution in [0, 0.1) is 0 Å². The SMILES string of the molecule is COC(=O)OC1=C(O)CCNC1CCC1=Cc2ccc(OC)cc21. The fraction of sp³-hybridized carbons (Fsp3) is 0.389. The van der Waals surface area contributed by atoms with E-state index in [1.165, 1.54) is 23.8 Å². The first-order valence-corrected chi connectivity index (χ1v) is 7.92. The molecule has 0 spiro atoms. The molecule has 1 aliphatic heterocycles. The number of hydrogen-bond acceptors (Lipinski definition) is 6. The highest BCUT2D eigenvalue weighted by atomic mass is 16.7. The van der Waals surface area contributed by atoms with E-state index in [1.807, 2.05) is 18.2 Å². The molecule has 6 heteroatoms. The molecule has 0 fully saturated rings. The maximum Gasteiger partial charge on any atom is 0.513 e. The molecule has 3 rings (SSSR count). The molecule has 0 amide bonds. The molecule has 1 atom stereocenters. The van der Waals surface area contributed by atoms with Crippen LogP contribution >= 0.6 is 0 Å². The van der Waals surface area contributed by atoms with Crippen molar-refractivity contribution >= 4 is 17.8 Å². The number of fused-ring (bicyclic) bond motifs is 1. The van der Waals surface area contributed by atoms with Crippen molar-refractivity contribution in [1.82, 2.24) is 5.32 Å². The van der Waals surface area contributed by atoms with Crippen LogP contribution in [-0.2, 0) is 9.47 Å². The second-order valence-electron chi connectivity index (χ2n) is 5.79. The summed E-state index contributed by atoms with van der Waals surface area (Å²) in [6, 6.07) is 5.79. The van der Waals surface area contributed by atoms with Gasteiger partial charge in [-0.25, -0.2) is 4.79 Å². The van der Waals surface area contributed by atoms with E-state index in [0.29, 0.717) is 19.4 Å². The molecule has 24 heavy (non-hydrogen) atoms. The third-order valence-electron chi connectivity index (χ3n) is 4.35. The molecule has 0 bridgehead atoms. The highest BCUT2D eigenvalue weighted by molar-refractivity contribution is 5.95. The fourth-order valence-corrected chi connectivity index (χ4v) is 3.04. The number of benzene rings is 1. The number of methoxy groups -OCH3 is 2. The van der Waals surface area contributed by atoms with Gasteiger partial charge in [-0.3, -0.25) is 0 Å². The molecule has 128 valence electrons. The van der Waals surface area contributed by atoms with Crippen LogP contribution in [0.5, 0.6) is 5.75 Å². The lowest BCUT2D eigenvalue weighted by Gasteiger charge is -2.28. The minimum Gasteiger partial charge on any atom is -0.509 e. The molecule has 6 nitrogen and oxygen atoms in total. The summed E-state index contributed by atoms with van der Waals surface area (Å²) >= 11 is 0. The molecule has 0 saturated heterocycles. The average molecular weight is 331 g/mol. The van der Waals surface area contributed by atoms with Gasteiger partial charge in [0.15, 0.2) is 5.76 Å². The van der Waals surface area contributed by atoms with Crippen LogP contribution in [0.1, 0.15) is 30.4 Å². The van der Waals surface area contributed by atoms with Crippen molar-refractivity contribution in [1.29, 1.82) is 0 Å². The predicted octanol–water partition coefficient (Wildman–Crippen LogP) is 3.24. The van der Waals surface area contributed by atoms with E-state index < -0.39 is 6.16 Å². The molecule has 1 aromatic rings. The summed E-state index contributed by atoms with van der Waals surface area (Å²) in [6.07, 6.45) is 3.27. The van der Waals surface area contributed by atoms with E-state index >= 15 is 0 Å². The third-order valence-corrected chi connectivity index (χ3v) is 4.35. The van der Waals surface area contributed by atoms with Crippen LogP contribution in [0.4, 0.5) is 4.79 Å². The summed E-state index contributed by atoms with van der Waals surface area (Å²) in [4.78, 5) is 11.4. The Bertz CT molecular complexity index is 707. The van der Waals surface area contributed by atoms with Gasteiger partial charge in [0, 0.05) is 13.0 Å². The Hall–Kier alpha value is -2.47. The Kier molecular flexibility index (Phi) is 4.76. The van der Waals surface area contributed by atoms with E-state index in [9.17, 15) is 9.90 Å². The Morgan fingerprint density at radius 3 is 2.96 bits per heavy atom. The van der Waals surface area contributed by atoms with Gasteiger partial charge in [-0.1, -0.05) is 12.1 Å². The van der Waals surface area contributed by atoms with Gasteiger partial charge in [-0.15, -0.1) is 0 Å². The molecule has 2 N–H and O–H groups in total. The van der Waals surface area contributed by atoms with Crippen LogP contribution in [0.15, 0.2) is 29.7 Å². The number of hydrogen-bond donors (Lipinski definition) is 2. The maximum absolute atomic E-state index is 11.4. The van der Waals surface area contributed by atoms with Crippen molar-refractivity contribution in [2.75, 3.05) is 20.8 Å². The van der Waals surface area contributed by atoms with Gasteiger partial charge in [0.25, 0.3) is 0 Å². The first-order valence-electron chi connectivity index (χ1n) is 7.92. The monoisotopic (exact) mass is 331 g/mol. The minimum atomic E-state index is -0.816. The van der Waals surface area contributed by atoms with Crippen LogP contribution < -0.4 is 10.1 Å². The zero-order valence-corrected chi connectivity index (χ0v) is 13.8. The van der Waals surface area contributed by atoms with Crippen molar-refractivity contribution in [2.45, 2.75) is 25.3 Å². The Balaban J connectivity index is 1.65. The second-order valence-corrected chi connectivity index (χ2v) is 5.79. The van der Waals surface area contributed by atoms with E-state index in [-0.39, 0.29) is 17.6 Å². The zero-order valence-electron chi connectivity index (χ0n) is 13.8. The molecule has 1 aromatic carbocycles. The maximum atomic E-state index is 11.4. The Morgan fingerprint density at radius 1 is 1.38 bits per heavy atom. The van der Waals surface area contributed by atoms with E-state index in [1.54, 1.807) is 7.11 Å². The minimum absolute atomic E-state index is 0.105. The van der Waals surface area contributed by atoms with Gasteiger partial charge in [-0.2, -0.15) is 0 Å². The van der Waals surface area contributed by atoms with E-state index in [0.717, 1.165) is 12.2 Å². The lowest BCUT2D eigenvalue weighted by Crippen LogP contribution is -2.38. The van der Waals surface area contributed by atoms with Gasteiger partial charge in [0.2, 0.25) is 0 Å². The van der Waals surface area contributed by atoms with Crippen molar-refractivity contribution in [3.63, 3.8) is 0 Å². The number of ether oxygens (including phenoxy) is 3. The van der Waals surface area contributed by atoms with Gasteiger partial charge < -0.3 is 24.6 Å². The molecule has 1 aliphatic carbocycles. The molecule has 1 unspecified atom stereocenters. The van der Waals surface area contributed by atoms with Crippen molar-refractivity contribution in [2.24, 2.45) is 0 Å². The van der Waals surface area contributed by atoms with Gasteiger partial charge in [-0.05, 0) is 41.7 Å². The van der Waals surface area contributed by atoms with Crippen LogP contribution in [-0.4, -0.2) is 38.1 Å². The topological polar surface area (TPSA) is 77.0 Å². The zero-order chi connectivity index (χ0) is 17.1. The van der Waals surface area contributed by atoms with Crippen LogP contribution in [0.2, 0.25) is 0 Å². The summed E-state index contributed by atoms with van der Waals surface area (Å²) in [5.41, 5.74) is 3.62. The molecular weight excluding hydrogens is 310 g/mol. The number of carbonyl (C=O) groups is 1. The second kappa shape index (κ2) is 6.97. The summed E-state index contributed by atoms with van der Waals surface area (Å²) < 4.78 is 14.9. The number of rotatable bonds is 5. The summed E-state index contributed by atoms with van der Waals surface area (Å²) in [5, 5.41) is 13.3. The lowest BCUT2D eigenvalue weighted by atomic mass is 9.84. The summed E-state index contributed by atoms with van der Waals surface area (Å²) in [6.45, 7) is 0.647. The largest absolute Gasteiger partial charge is 0.513 e. The number of allylic oxidation sites excluding steroid dienone is 1. The third kappa shape index (κ3) is 3.23. The highest BCUT2D eigenvalue weighted by Crippen LogP contribution is 2.38. The molecule has 0 saturated carbocycles. The number of aliphatic hydroxyl groups excluding tert-OH is 1. The molecule has 1 heterocycles. The van der Waals surface area contributed by atoms with E-state index in [4.69, 9.17) is 9.47 Å².